The van der Waals surface area contributed by atoms with Gasteiger partial charge in [0, 0.05) is 37.4 Å². The number of aromatic nitrogens is 2. The fourth-order valence-corrected chi connectivity index (χ4v) is 4.80. The van der Waals surface area contributed by atoms with Crippen LogP contribution in [0.5, 0.6) is 0 Å². The third-order valence-electron chi connectivity index (χ3n) is 6.26. The average molecular weight is 496 g/mol. The SMILES string of the molecule is CCc1cnc([C@](C)(O)CN2CCN(c3ccc(C#N)cc3Cl)[C@H](c3ccc(Cl)cc3)C2)cn1. The Kier molecular flexibility index (Phi) is 7.39. The maximum absolute atomic E-state index is 11.3. The second kappa shape index (κ2) is 10.3. The highest BCUT2D eigenvalue weighted by Gasteiger charge is 2.34. The summed E-state index contributed by atoms with van der Waals surface area (Å²) in [6.45, 7) is 6.34. The molecule has 0 bridgehead atoms. The summed E-state index contributed by atoms with van der Waals surface area (Å²) in [5.74, 6) is 0. The van der Waals surface area contributed by atoms with Gasteiger partial charge in [-0.1, -0.05) is 42.3 Å². The van der Waals surface area contributed by atoms with Gasteiger partial charge in [0.05, 0.1) is 46.0 Å². The van der Waals surface area contributed by atoms with Crippen molar-refractivity contribution in [3.8, 4) is 6.07 Å². The molecule has 1 aliphatic heterocycles. The van der Waals surface area contributed by atoms with Crippen molar-refractivity contribution in [3.05, 3.63) is 87.4 Å². The predicted molar refractivity (Wildman–Crippen MR) is 135 cm³/mol. The summed E-state index contributed by atoms with van der Waals surface area (Å²) >= 11 is 12.7. The van der Waals surface area contributed by atoms with Crippen LogP contribution in [0.4, 0.5) is 5.69 Å². The molecule has 1 aromatic heterocycles. The molecule has 0 amide bonds. The molecule has 1 fully saturated rings. The molecule has 176 valence electrons. The third kappa shape index (κ3) is 5.34. The van der Waals surface area contributed by atoms with Gasteiger partial charge in [-0.15, -0.1) is 0 Å². The van der Waals surface area contributed by atoms with Crippen LogP contribution in [0.1, 0.15) is 42.4 Å². The van der Waals surface area contributed by atoms with Crippen molar-refractivity contribution in [2.24, 2.45) is 0 Å². The van der Waals surface area contributed by atoms with Gasteiger partial charge in [-0.3, -0.25) is 14.9 Å². The van der Waals surface area contributed by atoms with E-state index in [1.165, 1.54) is 0 Å². The Bertz CT molecular complexity index is 1180. The summed E-state index contributed by atoms with van der Waals surface area (Å²) in [4.78, 5) is 13.4. The van der Waals surface area contributed by atoms with Crippen LogP contribution >= 0.6 is 23.2 Å². The highest BCUT2D eigenvalue weighted by molar-refractivity contribution is 6.33. The minimum Gasteiger partial charge on any atom is -0.382 e. The number of halogens is 2. The highest BCUT2D eigenvalue weighted by atomic mass is 35.5. The van der Waals surface area contributed by atoms with Gasteiger partial charge < -0.3 is 10.0 Å². The first-order valence-corrected chi connectivity index (χ1v) is 12.0. The van der Waals surface area contributed by atoms with Crippen molar-refractivity contribution in [1.29, 1.82) is 5.26 Å². The maximum atomic E-state index is 11.3. The van der Waals surface area contributed by atoms with Gasteiger partial charge in [0.2, 0.25) is 0 Å². The molecule has 8 heteroatoms. The third-order valence-corrected chi connectivity index (χ3v) is 6.81. The first kappa shape index (κ1) is 24.4. The zero-order chi connectivity index (χ0) is 24.3. The van der Waals surface area contributed by atoms with E-state index in [-0.39, 0.29) is 6.04 Å². The molecule has 2 atom stereocenters. The van der Waals surface area contributed by atoms with Crippen LogP contribution in [0.3, 0.4) is 0 Å². The maximum Gasteiger partial charge on any atom is 0.118 e. The summed E-state index contributed by atoms with van der Waals surface area (Å²) in [7, 11) is 0. The summed E-state index contributed by atoms with van der Waals surface area (Å²) in [5, 5.41) is 21.7. The molecule has 1 aliphatic rings. The molecule has 1 saturated heterocycles. The van der Waals surface area contributed by atoms with E-state index in [1.807, 2.05) is 37.3 Å². The van der Waals surface area contributed by atoms with Crippen LogP contribution in [-0.4, -0.2) is 46.2 Å². The molecule has 34 heavy (non-hydrogen) atoms. The second-order valence-corrected chi connectivity index (χ2v) is 9.64. The Balaban J connectivity index is 1.60. The molecule has 0 radical (unpaired) electrons. The lowest BCUT2D eigenvalue weighted by atomic mass is 9.97. The Labute approximate surface area is 210 Å². The topological polar surface area (TPSA) is 76.3 Å². The molecule has 0 spiro atoms. The second-order valence-electron chi connectivity index (χ2n) is 8.79. The van der Waals surface area contributed by atoms with Crippen molar-refractivity contribution < 1.29 is 5.11 Å². The van der Waals surface area contributed by atoms with Gasteiger partial charge in [-0.25, -0.2) is 0 Å². The Morgan fingerprint density at radius 3 is 2.50 bits per heavy atom. The minimum atomic E-state index is -1.14. The van der Waals surface area contributed by atoms with Gasteiger partial charge in [-0.05, 0) is 49.2 Å². The fourth-order valence-electron chi connectivity index (χ4n) is 4.38. The van der Waals surface area contributed by atoms with Crippen molar-refractivity contribution in [3.63, 3.8) is 0 Å². The first-order chi connectivity index (χ1) is 16.3. The lowest BCUT2D eigenvalue weighted by molar-refractivity contribution is 0.00644. The number of piperazine rings is 1. The highest BCUT2D eigenvalue weighted by Crippen LogP contribution is 2.36. The van der Waals surface area contributed by atoms with Crippen LogP contribution in [-0.2, 0) is 12.0 Å². The van der Waals surface area contributed by atoms with E-state index < -0.39 is 5.60 Å². The van der Waals surface area contributed by atoms with E-state index in [0.29, 0.717) is 40.9 Å². The van der Waals surface area contributed by atoms with Crippen LogP contribution in [0.25, 0.3) is 0 Å². The quantitative estimate of drug-likeness (QED) is 0.519. The molecular weight excluding hydrogens is 469 g/mol. The van der Waals surface area contributed by atoms with Gasteiger partial charge in [0.15, 0.2) is 0 Å². The average Bonchev–Trinajstić information content (AvgIpc) is 2.84. The minimum absolute atomic E-state index is 0.0131. The number of hydrogen-bond donors (Lipinski definition) is 1. The van der Waals surface area contributed by atoms with Gasteiger partial charge in [0.25, 0.3) is 0 Å². The van der Waals surface area contributed by atoms with E-state index in [2.05, 4.69) is 25.8 Å². The molecule has 2 aromatic carbocycles. The van der Waals surface area contributed by atoms with Gasteiger partial charge in [-0.2, -0.15) is 5.26 Å². The molecule has 3 aromatic rings. The van der Waals surface area contributed by atoms with Crippen LogP contribution in [0.15, 0.2) is 54.9 Å². The summed E-state index contributed by atoms with van der Waals surface area (Å²) < 4.78 is 0. The summed E-state index contributed by atoms with van der Waals surface area (Å²) in [5.41, 5.74) is 2.83. The van der Waals surface area contributed by atoms with E-state index in [9.17, 15) is 10.4 Å². The van der Waals surface area contributed by atoms with Crippen molar-refractivity contribution in [2.45, 2.75) is 31.9 Å². The number of aliphatic hydroxyl groups is 1. The zero-order valence-corrected chi connectivity index (χ0v) is 20.8. The largest absolute Gasteiger partial charge is 0.382 e. The van der Waals surface area contributed by atoms with Crippen molar-refractivity contribution in [2.75, 3.05) is 31.1 Å². The van der Waals surface area contributed by atoms with E-state index in [1.54, 1.807) is 31.5 Å². The summed E-state index contributed by atoms with van der Waals surface area (Å²) in [6.07, 6.45) is 4.20. The Morgan fingerprint density at radius 1 is 1.12 bits per heavy atom. The number of aryl methyl sites for hydroxylation is 1. The monoisotopic (exact) mass is 495 g/mol. The van der Waals surface area contributed by atoms with Gasteiger partial charge in [0.1, 0.15) is 5.60 Å². The molecular formula is C26H27Cl2N5O. The van der Waals surface area contributed by atoms with Crippen LogP contribution < -0.4 is 4.90 Å². The number of anilines is 1. The molecule has 4 rings (SSSR count). The van der Waals surface area contributed by atoms with Crippen LogP contribution in [0, 0.1) is 11.3 Å². The lowest BCUT2D eigenvalue weighted by Crippen LogP contribution is -2.52. The number of hydrogen-bond acceptors (Lipinski definition) is 6. The standard InChI is InChI=1S/C26H27Cl2N5O/c1-3-21-14-31-25(15-30-21)26(2,34)17-32-10-11-33(23-9-4-18(13-29)12-22(23)28)24(16-32)19-5-7-20(27)8-6-19/h4-9,12,14-15,24,34H,3,10-11,16-17H2,1-2H3/t24-,26+/m0/s1. The normalized spacial score (nSPS) is 18.4. The number of β-amino-alcohol motifs (C(OH)–C–C–N with tert-alkyl or cyclic N) is 1. The van der Waals surface area contributed by atoms with Crippen molar-refractivity contribution in [1.82, 2.24) is 14.9 Å². The molecule has 1 N–H and O–H groups in total. The lowest BCUT2D eigenvalue weighted by Gasteiger charge is -2.45. The Hall–Kier alpha value is -2.69. The molecule has 2 heterocycles. The fraction of sp³-hybridized carbons (Fsp3) is 0.346. The van der Waals surface area contributed by atoms with E-state index >= 15 is 0 Å². The number of benzene rings is 2. The number of rotatable bonds is 6. The van der Waals surface area contributed by atoms with Crippen LogP contribution in [0.2, 0.25) is 10.0 Å². The molecule has 0 saturated carbocycles. The van der Waals surface area contributed by atoms with E-state index in [0.717, 1.165) is 29.9 Å². The Morgan fingerprint density at radius 2 is 1.88 bits per heavy atom. The smallest absolute Gasteiger partial charge is 0.118 e. The molecule has 6 nitrogen and oxygen atoms in total. The van der Waals surface area contributed by atoms with Crippen molar-refractivity contribution >= 4 is 28.9 Å². The van der Waals surface area contributed by atoms with E-state index in [4.69, 9.17) is 23.2 Å². The predicted octanol–water partition coefficient (Wildman–Crippen LogP) is 4.99. The molecule has 0 aliphatic carbocycles. The first-order valence-electron chi connectivity index (χ1n) is 11.3. The summed E-state index contributed by atoms with van der Waals surface area (Å²) in [6, 6.07) is 15.3. The van der Waals surface area contributed by atoms with Gasteiger partial charge >= 0.3 is 0 Å². The molecule has 0 unspecified atom stereocenters. The number of nitriles is 1. The number of nitrogens with zero attached hydrogens (tertiary/aromatic N) is 5. The zero-order valence-electron chi connectivity index (χ0n) is 19.2.